The molecular weight excluding hydrogens is 321 g/mol. The van der Waals surface area contributed by atoms with Gasteiger partial charge in [-0.05, 0) is 42.7 Å². The van der Waals surface area contributed by atoms with Gasteiger partial charge >= 0.3 is 0 Å². The van der Waals surface area contributed by atoms with Crippen LogP contribution in [0, 0.1) is 17.7 Å². The van der Waals surface area contributed by atoms with Crippen LogP contribution in [-0.2, 0) is 11.3 Å². The topological polar surface area (TPSA) is 50.5 Å². The number of fused-ring (bicyclic) bond motifs is 1. The SMILES string of the molecule is OC[C@H]1[C@@H]2CC[C@@]3(CN(Cc4cc(F)ccc4-n4cccn4)C[C@@H]13)O2. The fourth-order valence-electron chi connectivity index (χ4n) is 5.21. The van der Waals surface area contributed by atoms with Gasteiger partial charge in [-0.15, -0.1) is 0 Å². The number of aromatic nitrogens is 2. The van der Waals surface area contributed by atoms with Crippen molar-refractivity contribution in [3.8, 4) is 5.69 Å². The fourth-order valence-corrected chi connectivity index (χ4v) is 5.21. The Hall–Kier alpha value is -1.76. The Bertz CT molecular complexity index is 781. The van der Waals surface area contributed by atoms with Crippen LogP contribution in [0.2, 0.25) is 0 Å². The van der Waals surface area contributed by atoms with Gasteiger partial charge < -0.3 is 9.84 Å². The zero-order chi connectivity index (χ0) is 17.0. The first-order valence-corrected chi connectivity index (χ1v) is 8.98. The van der Waals surface area contributed by atoms with E-state index in [2.05, 4.69) is 10.00 Å². The van der Waals surface area contributed by atoms with E-state index in [9.17, 15) is 9.50 Å². The lowest BCUT2D eigenvalue weighted by Crippen LogP contribution is -2.37. The summed E-state index contributed by atoms with van der Waals surface area (Å²) in [5, 5.41) is 14.0. The summed E-state index contributed by atoms with van der Waals surface area (Å²) in [5.41, 5.74) is 1.73. The van der Waals surface area contributed by atoms with Crippen molar-refractivity contribution in [2.75, 3.05) is 19.7 Å². The summed E-state index contributed by atoms with van der Waals surface area (Å²) in [5.74, 6) is 0.406. The molecule has 1 spiro atoms. The number of ether oxygens (including phenoxy) is 1. The largest absolute Gasteiger partial charge is 0.396 e. The van der Waals surface area contributed by atoms with Crippen LogP contribution >= 0.6 is 0 Å². The minimum Gasteiger partial charge on any atom is -0.396 e. The Morgan fingerprint density at radius 3 is 3.12 bits per heavy atom. The van der Waals surface area contributed by atoms with Gasteiger partial charge in [0.1, 0.15) is 5.82 Å². The van der Waals surface area contributed by atoms with Crippen molar-refractivity contribution in [2.45, 2.75) is 31.1 Å². The Balaban J connectivity index is 1.41. The van der Waals surface area contributed by atoms with Gasteiger partial charge in [-0.25, -0.2) is 9.07 Å². The molecule has 4 heterocycles. The zero-order valence-electron chi connectivity index (χ0n) is 14.0. The molecule has 5 rings (SSSR count). The molecule has 0 saturated carbocycles. The molecule has 3 saturated heterocycles. The first-order chi connectivity index (χ1) is 12.2. The summed E-state index contributed by atoms with van der Waals surface area (Å²) in [6, 6.07) is 6.73. The minimum absolute atomic E-state index is 0.0999. The Kier molecular flexibility index (Phi) is 3.48. The first-order valence-electron chi connectivity index (χ1n) is 8.98. The van der Waals surface area contributed by atoms with E-state index in [0.717, 1.165) is 37.2 Å². The molecule has 2 bridgehead atoms. The van der Waals surface area contributed by atoms with Crippen molar-refractivity contribution in [3.63, 3.8) is 0 Å². The third-order valence-corrected chi connectivity index (χ3v) is 6.25. The summed E-state index contributed by atoms with van der Waals surface area (Å²) < 4.78 is 21.9. The molecule has 0 amide bonds. The summed E-state index contributed by atoms with van der Waals surface area (Å²) in [6.07, 6.45) is 5.95. The average Bonchev–Trinajstić information content (AvgIpc) is 3.34. The van der Waals surface area contributed by atoms with E-state index < -0.39 is 0 Å². The van der Waals surface area contributed by atoms with Crippen LogP contribution in [0.3, 0.4) is 0 Å². The molecular formula is C19H22FN3O2. The number of aliphatic hydroxyl groups excluding tert-OH is 1. The highest BCUT2D eigenvalue weighted by Gasteiger charge is 2.62. The third kappa shape index (κ3) is 2.35. The van der Waals surface area contributed by atoms with Gasteiger partial charge in [0.05, 0.1) is 17.4 Å². The summed E-state index contributed by atoms with van der Waals surface area (Å²) >= 11 is 0. The number of benzene rings is 1. The van der Waals surface area contributed by atoms with Crippen molar-refractivity contribution in [1.29, 1.82) is 0 Å². The zero-order valence-corrected chi connectivity index (χ0v) is 14.0. The van der Waals surface area contributed by atoms with Gasteiger partial charge in [0.2, 0.25) is 0 Å². The van der Waals surface area contributed by atoms with Crippen molar-refractivity contribution in [1.82, 2.24) is 14.7 Å². The Morgan fingerprint density at radius 1 is 1.40 bits per heavy atom. The van der Waals surface area contributed by atoms with Crippen molar-refractivity contribution in [3.05, 3.63) is 48.0 Å². The van der Waals surface area contributed by atoms with E-state index in [1.807, 2.05) is 12.3 Å². The summed E-state index contributed by atoms with van der Waals surface area (Å²) in [7, 11) is 0. The van der Waals surface area contributed by atoms with Crippen LogP contribution in [0.25, 0.3) is 5.69 Å². The second-order valence-electron chi connectivity index (χ2n) is 7.61. The molecule has 0 radical (unpaired) electrons. The van der Waals surface area contributed by atoms with E-state index >= 15 is 0 Å². The maximum atomic E-state index is 13.9. The smallest absolute Gasteiger partial charge is 0.123 e. The number of hydrogen-bond acceptors (Lipinski definition) is 4. The van der Waals surface area contributed by atoms with E-state index in [1.54, 1.807) is 23.0 Å². The molecule has 0 aliphatic carbocycles. The van der Waals surface area contributed by atoms with E-state index in [-0.39, 0.29) is 30.0 Å². The molecule has 2 aromatic rings. The Labute approximate surface area is 146 Å². The molecule has 0 unspecified atom stereocenters. The number of nitrogens with zero attached hydrogens (tertiary/aromatic N) is 3. The first kappa shape index (κ1) is 15.5. The molecule has 1 aromatic carbocycles. The molecule has 1 N–H and O–H groups in total. The van der Waals surface area contributed by atoms with Gasteiger partial charge in [-0.2, -0.15) is 5.10 Å². The molecule has 3 aliphatic rings. The van der Waals surface area contributed by atoms with Crippen LogP contribution in [0.1, 0.15) is 18.4 Å². The lowest BCUT2D eigenvalue weighted by atomic mass is 9.74. The molecule has 132 valence electrons. The summed E-state index contributed by atoms with van der Waals surface area (Å²) in [6.45, 7) is 2.62. The van der Waals surface area contributed by atoms with Gasteiger partial charge in [-0.1, -0.05) is 0 Å². The van der Waals surface area contributed by atoms with Crippen molar-refractivity contribution in [2.24, 2.45) is 11.8 Å². The number of rotatable bonds is 4. The molecule has 3 fully saturated rings. The fraction of sp³-hybridized carbons (Fsp3) is 0.526. The standard InChI is InChI=1S/C19H22FN3O2/c20-14-2-3-17(23-7-1-6-21-23)13(8-14)9-22-10-16-15(11-24)18-4-5-19(16,12-22)25-18/h1-3,6-8,15-16,18,24H,4-5,9-12H2/t15-,16+,18+,19+/m1/s1. The van der Waals surface area contributed by atoms with Crippen LogP contribution in [0.5, 0.6) is 0 Å². The number of likely N-dealkylation sites (tertiary alicyclic amines) is 1. The second kappa shape index (κ2) is 5.62. The lowest BCUT2D eigenvalue weighted by Gasteiger charge is -2.28. The number of hydrogen-bond donors (Lipinski definition) is 1. The summed E-state index contributed by atoms with van der Waals surface area (Å²) in [4.78, 5) is 2.34. The maximum Gasteiger partial charge on any atom is 0.123 e. The second-order valence-corrected chi connectivity index (χ2v) is 7.61. The normalized spacial score (nSPS) is 33.9. The highest BCUT2D eigenvalue weighted by Crippen LogP contribution is 2.54. The van der Waals surface area contributed by atoms with Crippen LogP contribution < -0.4 is 0 Å². The van der Waals surface area contributed by atoms with Gasteiger partial charge in [0, 0.05) is 50.5 Å². The van der Waals surface area contributed by atoms with E-state index in [4.69, 9.17) is 4.74 Å². The van der Waals surface area contributed by atoms with Crippen molar-refractivity contribution < 1.29 is 14.2 Å². The molecule has 4 atom stereocenters. The third-order valence-electron chi connectivity index (χ3n) is 6.25. The monoisotopic (exact) mass is 343 g/mol. The highest BCUT2D eigenvalue weighted by molar-refractivity contribution is 5.40. The molecule has 25 heavy (non-hydrogen) atoms. The number of aliphatic hydroxyl groups is 1. The van der Waals surface area contributed by atoms with Gasteiger partial charge in [-0.3, -0.25) is 4.90 Å². The van der Waals surface area contributed by atoms with Crippen molar-refractivity contribution >= 4 is 0 Å². The average molecular weight is 343 g/mol. The predicted octanol–water partition coefficient (Wildman–Crippen LogP) is 1.98. The number of halogens is 1. The molecule has 5 nitrogen and oxygen atoms in total. The Morgan fingerprint density at radius 2 is 2.32 bits per heavy atom. The van der Waals surface area contributed by atoms with Gasteiger partial charge in [0.25, 0.3) is 0 Å². The molecule has 1 aromatic heterocycles. The van der Waals surface area contributed by atoms with Crippen LogP contribution in [0.4, 0.5) is 4.39 Å². The molecule has 6 heteroatoms. The maximum absolute atomic E-state index is 13.9. The molecule has 3 aliphatic heterocycles. The lowest BCUT2D eigenvalue weighted by molar-refractivity contribution is 0.000374. The predicted molar refractivity (Wildman–Crippen MR) is 89.7 cm³/mol. The minimum atomic E-state index is -0.228. The van der Waals surface area contributed by atoms with E-state index in [1.165, 1.54) is 6.07 Å². The quantitative estimate of drug-likeness (QED) is 0.922. The van der Waals surface area contributed by atoms with Crippen LogP contribution in [0.15, 0.2) is 36.7 Å². The highest BCUT2D eigenvalue weighted by atomic mass is 19.1. The van der Waals surface area contributed by atoms with E-state index in [0.29, 0.717) is 12.5 Å². The van der Waals surface area contributed by atoms with Crippen LogP contribution in [-0.4, -0.2) is 51.2 Å². The van der Waals surface area contributed by atoms with Gasteiger partial charge in [0.15, 0.2) is 0 Å².